The molecule has 0 radical (unpaired) electrons. The highest BCUT2D eigenvalue weighted by Gasteiger charge is 2.10. The lowest BCUT2D eigenvalue weighted by Crippen LogP contribution is -2.28. The Morgan fingerprint density at radius 2 is 1.04 bits per heavy atom. The maximum atomic E-state index is 11.6. The second-order valence-electron chi connectivity index (χ2n) is 10.5. The van der Waals surface area contributed by atoms with Gasteiger partial charge in [0.1, 0.15) is 26.3 Å². The van der Waals surface area contributed by atoms with E-state index in [4.69, 9.17) is 9.47 Å². The van der Waals surface area contributed by atoms with E-state index in [2.05, 4.69) is 22.1 Å². The number of carbonyl (C=O) groups excluding carboxylic acids is 4. The lowest BCUT2D eigenvalue weighted by Gasteiger charge is -2.23. The van der Waals surface area contributed by atoms with Crippen molar-refractivity contribution in [2.75, 3.05) is 62.3 Å². The number of ether oxygens (including phenoxy) is 2. The van der Waals surface area contributed by atoms with Crippen LogP contribution in [0.4, 0.5) is 11.4 Å². The summed E-state index contributed by atoms with van der Waals surface area (Å²) in [4.78, 5) is 53.9. The van der Waals surface area contributed by atoms with Crippen molar-refractivity contribution < 1.29 is 28.7 Å². The van der Waals surface area contributed by atoms with Crippen molar-refractivity contribution in [3.63, 3.8) is 0 Å². The fraction of sp³-hybridized carbons (Fsp3) is 0.263. The molecule has 0 saturated heterocycles. The van der Waals surface area contributed by atoms with Gasteiger partial charge in [0.05, 0.1) is 36.4 Å². The van der Waals surface area contributed by atoms with E-state index in [0.29, 0.717) is 48.4 Å². The van der Waals surface area contributed by atoms with Gasteiger partial charge in [-0.05, 0) is 72.5 Å². The molecule has 0 heterocycles. The highest BCUT2D eigenvalue weighted by molar-refractivity contribution is 5.79. The Labute approximate surface area is 290 Å². The van der Waals surface area contributed by atoms with Crippen LogP contribution in [-0.4, -0.2) is 76.6 Å². The van der Waals surface area contributed by atoms with Crippen LogP contribution in [0.25, 0.3) is 24.3 Å². The second kappa shape index (κ2) is 20.6. The van der Waals surface area contributed by atoms with E-state index < -0.39 is 11.9 Å². The monoisotopic (exact) mass is 672 g/mol. The Balaban J connectivity index is 1.66. The van der Waals surface area contributed by atoms with Crippen LogP contribution in [-0.2, 0) is 28.7 Å². The summed E-state index contributed by atoms with van der Waals surface area (Å²) in [7, 11) is 0. The zero-order chi connectivity index (χ0) is 36.1. The molecule has 0 aliphatic carbocycles. The summed E-state index contributed by atoms with van der Waals surface area (Å²) in [6.07, 6.45) is 9.97. The van der Waals surface area contributed by atoms with Crippen LogP contribution in [0, 0.1) is 22.7 Å². The molecular formula is C38H36N6O6. The molecule has 0 saturated carbocycles. The molecule has 0 atom stereocenters. The van der Waals surface area contributed by atoms with E-state index in [1.807, 2.05) is 84.3 Å². The minimum Gasteiger partial charge on any atom is -0.462 e. The number of rotatable bonds is 18. The molecule has 0 fully saturated rings. The number of isocyanates is 2. The van der Waals surface area contributed by atoms with Crippen molar-refractivity contribution in [1.82, 2.24) is 0 Å². The molecule has 12 nitrogen and oxygen atoms in total. The van der Waals surface area contributed by atoms with Gasteiger partial charge in [-0.15, -0.1) is 0 Å². The Hall–Kier alpha value is -6.58. The van der Waals surface area contributed by atoms with Crippen molar-refractivity contribution in [2.45, 2.75) is 13.8 Å². The van der Waals surface area contributed by atoms with Gasteiger partial charge < -0.3 is 19.3 Å². The van der Waals surface area contributed by atoms with Crippen molar-refractivity contribution in [2.24, 2.45) is 9.98 Å². The highest BCUT2D eigenvalue weighted by Crippen LogP contribution is 2.23. The number of aliphatic imine (C=N–C) groups is 2. The van der Waals surface area contributed by atoms with E-state index in [1.54, 1.807) is 24.3 Å². The normalized spacial score (nSPS) is 10.4. The number of esters is 2. The van der Waals surface area contributed by atoms with E-state index in [-0.39, 0.29) is 26.3 Å². The third-order valence-electron chi connectivity index (χ3n) is 7.45. The first-order valence-electron chi connectivity index (χ1n) is 15.8. The zero-order valence-electron chi connectivity index (χ0n) is 27.9. The van der Waals surface area contributed by atoms with Crippen molar-refractivity contribution in [3.8, 4) is 12.1 Å². The van der Waals surface area contributed by atoms with E-state index in [1.165, 1.54) is 12.2 Å². The lowest BCUT2D eigenvalue weighted by atomic mass is 9.97. The number of benzene rings is 3. The van der Waals surface area contributed by atoms with Crippen LogP contribution < -0.4 is 9.80 Å². The minimum atomic E-state index is -0.586. The zero-order valence-corrected chi connectivity index (χ0v) is 27.9. The number of likely N-dealkylation sites (N-methyl/N-ethyl adjacent to an activating group) is 2. The summed E-state index contributed by atoms with van der Waals surface area (Å²) in [6.45, 7) is 5.90. The largest absolute Gasteiger partial charge is 0.462 e. The smallest absolute Gasteiger partial charge is 0.328 e. The molecule has 0 spiro atoms. The van der Waals surface area contributed by atoms with Gasteiger partial charge in [-0.25, -0.2) is 9.59 Å². The first-order valence-corrected chi connectivity index (χ1v) is 15.8. The molecule has 0 aliphatic heterocycles. The van der Waals surface area contributed by atoms with E-state index in [9.17, 15) is 29.7 Å². The van der Waals surface area contributed by atoms with E-state index in [0.717, 1.165) is 22.5 Å². The maximum absolute atomic E-state index is 11.6. The van der Waals surface area contributed by atoms with Gasteiger partial charge in [0.15, 0.2) is 0 Å². The van der Waals surface area contributed by atoms with Gasteiger partial charge >= 0.3 is 11.9 Å². The highest BCUT2D eigenvalue weighted by atomic mass is 16.5. The van der Waals surface area contributed by atoms with Crippen molar-refractivity contribution in [1.29, 1.82) is 10.5 Å². The molecule has 50 heavy (non-hydrogen) atoms. The fourth-order valence-corrected chi connectivity index (χ4v) is 4.83. The summed E-state index contributed by atoms with van der Waals surface area (Å²) in [5.74, 6) is -1.17. The van der Waals surface area contributed by atoms with Crippen LogP contribution in [0.2, 0.25) is 0 Å². The van der Waals surface area contributed by atoms with Gasteiger partial charge in [-0.3, -0.25) is 9.59 Å². The number of nitriles is 2. The lowest BCUT2D eigenvalue weighted by molar-refractivity contribution is -0.142. The van der Waals surface area contributed by atoms with Crippen LogP contribution in [0.15, 0.2) is 70.6 Å². The second-order valence-corrected chi connectivity index (χ2v) is 10.5. The average molecular weight is 673 g/mol. The third-order valence-corrected chi connectivity index (χ3v) is 7.45. The Morgan fingerprint density at radius 1 is 0.660 bits per heavy atom. The standard InChI is InChI=1S/C38H36N6O6/c1-3-43(17-19-49-37(47)25-41-27-45)35-13-7-29(8-14-35)5-11-31-21-34(24-40)32(22-33(31)23-39)12-6-30-9-15-36(16-10-30)44(4-2)18-20-50-38(48)26-42-28-46/h5-16,21-22H,3-4,17-20,25-26H2,1-2H3/b11-5+,12-6+. The number of carbonyl (C=O) groups is 2. The van der Waals surface area contributed by atoms with E-state index >= 15 is 0 Å². The molecule has 0 unspecified atom stereocenters. The minimum absolute atomic E-state index is 0.153. The molecule has 254 valence electrons. The van der Waals surface area contributed by atoms with Crippen LogP contribution in [0.3, 0.4) is 0 Å². The topological polar surface area (TPSA) is 166 Å². The quantitative estimate of drug-likeness (QED) is 0.0761. The summed E-state index contributed by atoms with van der Waals surface area (Å²) < 4.78 is 10.2. The molecule has 3 rings (SSSR count). The average Bonchev–Trinajstić information content (AvgIpc) is 3.15. The molecule has 0 aromatic heterocycles. The van der Waals surface area contributed by atoms with Gasteiger partial charge in [-0.2, -0.15) is 20.5 Å². The number of anilines is 2. The maximum Gasteiger partial charge on any atom is 0.328 e. The van der Waals surface area contributed by atoms with Crippen LogP contribution in [0.5, 0.6) is 0 Å². The molecule has 3 aromatic carbocycles. The first kappa shape index (κ1) is 37.9. The van der Waals surface area contributed by atoms with Gasteiger partial charge in [0.25, 0.3) is 0 Å². The predicted molar refractivity (Wildman–Crippen MR) is 190 cm³/mol. The summed E-state index contributed by atoms with van der Waals surface area (Å²) in [6, 6.07) is 23.4. The number of hydrogen-bond acceptors (Lipinski definition) is 12. The summed E-state index contributed by atoms with van der Waals surface area (Å²) >= 11 is 0. The third kappa shape index (κ3) is 11.9. The molecular weight excluding hydrogens is 636 g/mol. The summed E-state index contributed by atoms with van der Waals surface area (Å²) in [5.41, 5.74) is 5.75. The van der Waals surface area contributed by atoms with Crippen molar-refractivity contribution in [3.05, 3.63) is 94.0 Å². The summed E-state index contributed by atoms with van der Waals surface area (Å²) in [5, 5.41) is 19.8. The van der Waals surface area contributed by atoms with Gasteiger partial charge in [-0.1, -0.05) is 48.6 Å². The van der Waals surface area contributed by atoms with Crippen LogP contribution in [0.1, 0.15) is 47.2 Å². The number of nitrogens with zero attached hydrogens (tertiary/aromatic N) is 6. The SMILES string of the molecule is CCN(CCOC(=O)CN=C=O)c1ccc(/C=C/c2cc(C#N)c(/C=C/c3ccc(N(CC)CCOC(=O)CN=C=O)cc3)cc2C#N)cc1. The van der Waals surface area contributed by atoms with Crippen LogP contribution >= 0.6 is 0 Å². The Bertz CT molecular complexity index is 1720. The predicted octanol–water partition coefficient (Wildman–Crippen LogP) is 5.18. The van der Waals surface area contributed by atoms with Gasteiger partial charge in [0.2, 0.25) is 12.2 Å². The molecule has 3 aromatic rings. The van der Waals surface area contributed by atoms with Crippen molar-refractivity contribution >= 4 is 59.8 Å². The molecule has 0 aliphatic rings. The first-order chi connectivity index (χ1) is 24.3. The molecule has 12 heteroatoms. The number of hydrogen-bond donors (Lipinski definition) is 0. The molecule has 0 N–H and O–H groups in total. The fourth-order valence-electron chi connectivity index (χ4n) is 4.83. The molecule has 0 amide bonds. The van der Waals surface area contributed by atoms with Gasteiger partial charge in [0, 0.05) is 24.5 Å². The molecule has 0 bridgehead atoms. The Morgan fingerprint density at radius 3 is 1.36 bits per heavy atom. The Kier molecular flexibility index (Phi) is 15.6.